The Morgan fingerprint density at radius 3 is 2.32 bits per heavy atom. The van der Waals surface area contributed by atoms with E-state index in [1.54, 1.807) is 6.20 Å². The number of pyridine rings is 1. The second kappa shape index (κ2) is 10.7. The van der Waals surface area contributed by atoms with Gasteiger partial charge in [0, 0.05) is 63.7 Å². The average Bonchev–Trinajstić information content (AvgIpc) is 2.85. The highest BCUT2D eigenvalue weighted by atomic mass is 16.3. The lowest BCUT2D eigenvalue weighted by molar-refractivity contribution is -0.123. The van der Waals surface area contributed by atoms with Crippen molar-refractivity contribution in [1.82, 2.24) is 9.88 Å². The molecule has 1 saturated heterocycles. The van der Waals surface area contributed by atoms with Crippen molar-refractivity contribution in [1.29, 1.82) is 0 Å². The Labute approximate surface area is 185 Å². The second-order valence-electron chi connectivity index (χ2n) is 8.74. The Hall–Kier alpha value is -2.44. The van der Waals surface area contributed by atoms with Crippen LogP contribution in [0.4, 0.5) is 11.5 Å². The largest absolute Gasteiger partial charge is 0.396 e. The number of nitrogens with zero attached hydrogens (tertiary/aromatic N) is 4. The number of hydrogen-bond acceptors (Lipinski definition) is 5. The van der Waals surface area contributed by atoms with E-state index in [2.05, 4.69) is 45.1 Å². The number of rotatable bonds is 7. The lowest BCUT2D eigenvalue weighted by Crippen LogP contribution is -2.50. The SMILES string of the molecule is O=C([C@H]1CC[C@@H](CO)CC1)N(CCN1CCN(c2ccccc2)CC1)c1ccccn1. The fourth-order valence-corrected chi connectivity index (χ4v) is 4.77. The highest BCUT2D eigenvalue weighted by molar-refractivity contribution is 5.94. The minimum atomic E-state index is 0.0414. The molecule has 166 valence electrons. The van der Waals surface area contributed by atoms with Gasteiger partial charge in [-0.15, -0.1) is 0 Å². The lowest BCUT2D eigenvalue weighted by atomic mass is 9.81. The molecule has 1 saturated carbocycles. The van der Waals surface area contributed by atoms with E-state index in [0.717, 1.165) is 64.2 Å². The van der Waals surface area contributed by atoms with E-state index < -0.39 is 0 Å². The normalized spacial score (nSPS) is 22.3. The van der Waals surface area contributed by atoms with Gasteiger partial charge in [-0.1, -0.05) is 24.3 Å². The Kier molecular flexibility index (Phi) is 7.54. The number of amides is 1. The zero-order chi connectivity index (χ0) is 21.5. The smallest absolute Gasteiger partial charge is 0.231 e. The van der Waals surface area contributed by atoms with E-state index in [0.29, 0.717) is 12.5 Å². The third kappa shape index (κ3) is 5.63. The summed E-state index contributed by atoms with van der Waals surface area (Å²) < 4.78 is 0. The molecule has 4 rings (SSSR count). The van der Waals surface area contributed by atoms with E-state index in [-0.39, 0.29) is 18.4 Å². The molecule has 1 aromatic carbocycles. The van der Waals surface area contributed by atoms with Crippen LogP contribution in [0.15, 0.2) is 54.7 Å². The molecular weight excluding hydrogens is 388 g/mol. The van der Waals surface area contributed by atoms with Crippen molar-refractivity contribution < 1.29 is 9.90 Å². The van der Waals surface area contributed by atoms with Gasteiger partial charge >= 0.3 is 0 Å². The molecule has 1 N–H and O–H groups in total. The van der Waals surface area contributed by atoms with Crippen molar-refractivity contribution in [2.45, 2.75) is 25.7 Å². The van der Waals surface area contributed by atoms with E-state index in [1.165, 1.54) is 5.69 Å². The first-order chi connectivity index (χ1) is 15.2. The fraction of sp³-hybridized carbons (Fsp3) is 0.520. The molecule has 0 bridgehead atoms. The number of aromatic nitrogens is 1. The molecule has 2 aromatic rings. The third-order valence-corrected chi connectivity index (χ3v) is 6.78. The van der Waals surface area contributed by atoms with E-state index >= 15 is 0 Å². The van der Waals surface area contributed by atoms with Crippen LogP contribution in [0.25, 0.3) is 0 Å². The summed E-state index contributed by atoms with van der Waals surface area (Å²) in [5.41, 5.74) is 1.28. The molecule has 0 atom stereocenters. The predicted octanol–water partition coefficient (Wildman–Crippen LogP) is 3.04. The van der Waals surface area contributed by atoms with E-state index in [4.69, 9.17) is 0 Å². The van der Waals surface area contributed by atoms with Gasteiger partial charge in [0.05, 0.1) is 0 Å². The first-order valence-electron chi connectivity index (χ1n) is 11.6. The lowest BCUT2D eigenvalue weighted by Gasteiger charge is -2.37. The minimum Gasteiger partial charge on any atom is -0.396 e. The molecular formula is C25H34N4O2. The minimum absolute atomic E-state index is 0.0414. The Morgan fingerprint density at radius 1 is 0.968 bits per heavy atom. The number of aliphatic hydroxyl groups excluding tert-OH is 1. The molecule has 2 fully saturated rings. The molecule has 0 radical (unpaired) electrons. The first kappa shape index (κ1) is 21.8. The zero-order valence-electron chi connectivity index (χ0n) is 18.3. The Morgan fingerprint density at radius 2 is 1.68 bits per heavy atom. The summed E-state index contributed by atoms with van der Waals surface area (Å²) in [5, 5.41) is 9.41. The summed E-state index contributed by atoms with van der Waals surface area (Å²) in [5.74, 6) is 1.34. The van der Waals surface area contributed by atoms with Crippen LogP contribution in [0.3, 0.4) is 0 Å². The molecule has 1 amide bonds. The number of hydrogen-bond donors (Lipinski definition) is 1. The van der Waals surface area contributed by atoms with Gasteiger partial charge in [-0.05, 0) is 55.9 Å². The summed E-state index contributed by atoms with van der Waals surface area (Å²) >= 11 is 0. The van der Waals surface area contributed by atoms with Gasteiger partial charge in [-0.2, -0.15) is 0 Å². The maximum atomic E-state index is 13.4. The van der Waals surface area contributed by atoms with Crippen LogP contribution in [-0.2, 0) is 4.79 Å². The zero-order valence-corrected chi connectivity index (χ0v) is 18.3. The molecule has 2 heterocycles. The molecule has 1 aromatic heterocycles. The number of anilines is 2. The van der Waals surface area contributed by atoms with Crippen molar-refractivity contribution in [3.8, 4) is 0 Å². The highest BCUT2D eigenvalue weighted by Gasteiger charge is 2.30. The molecule has 6 nitrogen and oxygen atoms in total. The summed E-state index contributed by atoms with van der Waals surface area (Å²) in [6.45, 7) is 5.78. The van der Waals surface area contributed by atoms with E-state index in [1.807, 2.05) is 23.1 Å². The van der Waals surface area contributed by atoms with Gasteiger partial charge in [-0.25, -0.2) is 4.98 Å². The predicted molar refractivity (Wildman–Crippen MR) is 124 cm³/mol. The van der Waals surface area contributed by atoms with Crippen molar-refractivity contribution in [3.63, 3.8) is 0 Å². The Balaban J connectivity index is 1.34. The number of para-hydroxylation sites is 1. The molecule has 1 aliphatic carbocycles. The van der Waals surface area contributed by atoms with E-state index in [9.17, 15) is 9.90 Å². The van der Waals surface area contributed by atoms with Crippen LogP contribution in [0.5, 0.6) is 0 Å². The Bertz CT molecular complexity index is 801. The number of carbonyl (C=O) groups is 1. The first-order valence-corrected chi connectivity index (χ1v) is 11.6. The third-order valence-electron chi connectivity index (χ3n) is 6.78. The van der Waals surface area contributed by atoms with Crippen LogP contribution in [0.2, 0.25) is 0 Å². The van der Waals surface area contributed by atoms with Crippen LogP contribution < -0.4 is 9.80 Å². The van der Waals surface area contributed by atoms with Crippen LogP contribution in [-0.4, -0.2) is 66.8 Å². The number of benzene rings is 1. The summed E-state index contributed by atoms with van der Waals surface area (Å²) in [6.07, 6.45) is 5.36. The summed E-state index contributed by atoms with van der Waals surface area (Å²) in [6, 6.07) is 16.3. The van der Waals surface area contributed by atoms with Crippen molar-refractivity contribution in [2.75, 3.05) is 55.7 Å². The van der Waals surface area contributed by atoms with Gasteiger partial charge in [0.2, 0.25) is 5.91 Å². The molecule has 0 unspecified atom stereocenters. The standard InChI is InChI=1S/C25H34N4O2/c30-20-21-9-11-22(12-10-21)25(31)29(24-8-4-5-13-26-24)19-16-27-14-17-28(18-15-27)23-6-2-1-3-7-23/h1-8,13,21-22,30H,9-12,14-20H2/t21-,22+. The van der Waals surface area contributed by atoms with Gasteiger partial charge in [0.1, 0.15) is 5.82 Å². The van der Waals surface area contributed by atoms with Crippen molar-refractivity contribution in [3.05, 3.63) is 54.7 Å². The fourth-order valence-electron chi connectivity index (χ4n) is 4.77. The molecule has 1 aliphatic heterocycles. The number of piperazine rings is 1. The molecule has 2 aliphatic rings. The van der Waals surface area contributed by atoms with Crippen LogP contribution in [0.1, 0.15) is 25.7 Å². The molecule has 31 heavy (non-hydrogen) atoms. The summed E-state index contributed by atoms with van der Waals surface area (Å²) in [7, 11) is 0. The van der Waals surface area contributed by atoms with Crippen molar-refractivity contribution in [2.24, 2.45) is 11.8 Å². The van der Waals surface area contributed by atoms with Gasteiger partial charge < -0.3 is 10.0 Å². The van der Waals surface area contributed by atoms with Crippen molar-refractivity contribution >= 4 is 17.4 Å². The van der Waals surface area contributed by atoms with Gasteiger partial charge in [0.15, 0.2) is 0 Å². The summed E-state index contributed by atoms with van der Waals surface area (Å²) in [4.78, 5) is 24.7. The highest BCUT2D eigenvalue weighted by Crippen LogP contribution is 2.30. The van der Waals surface area contributed by atoms with Crippen LogP contribution in [0, 0.1) is 11.8 Å². The maximum Gasteiger partial charge on any atom is 0.231 e. The molecule has 6 heteroatoms. The molecule has 0 spiro atoms. The maximum absolute atomic E-state index is 13.4. The van der Waals surface area contributed by atoms with Gasteiger partial charge in [-0.3, -0.25) is 14.6 Å². The average molecular weight is 423 g/mol. The topological polar surface area (TPSA) is 59.9 Å². The number of carbonyl (C=O) groups excluding carboxylic acids is 1. The number of aliphatic hydroxyl groups is 1. The monoisotopic (exact) mass is 422 g/mol. The van der Waals surface area contributed by atoms with Crippen LogP contribution >= 0.6 is 0 Å². The quantitative estimate of drug-likeness (QED) is 0.743. The second-order valence-corrected chi connectivity index (χ2v) is 8.74. The van der Waals surface area contributed by atoms with Gasteiger partial charge in [0.25, 0.3) is 0 Å².